The smallest absolute Gasteiger partial charge is 0.230 e. The molecule has 0 radical (unpaired) electrons. The number of aromatic nitrogens is 2. The standard InChI is InChI=1S/C8H12N2.C6H6.CH3NO2/c1-6-8(7-3-4-7)5-10(2)9-6;1-2-4-6-5-3-1;3-1-2-4/h5,7H,3-4H2,1-2H3;1-6H;1,4H,(H,2,3). The third-order valence-corrected chi connectivity index (χ3v) is 2.79. The third kappa shape index (κ3) is 6.15. The lowest BCUT2D eigenvalue weighted by atomic mass is 10.2. The van der Waals surface area contributed by atoms with Gasteiger partial charge in [0.1, 0.15) is 0 Å². The van der Waals surface area contributed by atoms with Crippen molar-refractivity contribution in [2.45, 2.75) is 25.7 Å². The molecule has 1 aromatic carbocycles. The first kappa shape index (κ1) is 15.9. The number of nitrogens with zero attached hydrogens (tertiary/aromatic N) is 2. The fraction of sp³-hybridized carbons (Fsp3) is 0.333. The van der Waals surface area contributed by atoms with Crippen LogP contribution in [0.5, 0.6) is 0 Å². The van der Waals surface area contributed by atoms with Crippen molar-refractivity contribution in [1.82, 2.24) is 15.3 Å². The Morgan fingerprint density at radius 2 is 1.70 bits per heavy atom. The molecule has 1 fully saturated rings. The summed E-state index contributed by atoms with van der Waals surface area (Å²) in [7, 11) is 1.98. The average Bonchev–Trinajstić information content (AvgIpc) is 3.27. The van der Waals surface area contributed by atoms with Crippen LogP contribution in [0.4, 0.5) is 0 Å². The van der Waals surface area contributed by atoms with Gasteiger partial charge in [-0.3, -0.25) is 14.7 Å². The van der Waals surface area contributed by atoms with Gasteiger partial charge in [-0.25, -0.2) is 5.48 Å². The fourth-order valence-corrected chi connectivity index (χ4v) is 1.80. The molecule has 1 heterocycles. The Kier molecular flexibility index (Phi) is 7.06. The molecule has 1 aliphatic carbocycles. The predicted octanol–water partition coefficient (Wildman–Crippen LogP) is 2.41. The van der Waals surface area contributed by atoms with Crippen LogP contribution >= 0.6 is 0 Å². The molecule has 1 aliphatic rings. The van der Waals surface area contributed by atoms with Gasteiger partial charge in [-0.15, -0.1) is 0 Å². The van der Waals surface area contributed by atoms with Gasteiger partial charge in [0.2, 0.25) is 6.41 Å². The molecule has 5 heteroatoms. The molecule has 0 saturated heterocycles. The van der Waals surface area contributed by atoms with Gasteiger partial charge in [0.25, 0.3) is 0 Å². The Hall–Kier alpha value is -2.14. The number of hydrogen-bond acceptors (Lipinski definition) is 3. The Morgan fingerprint density at radius 1 is 1.25 bits per heavy atom. The van der Waals surface area contributed by atoms with Crippen molar-refractivity contribution in [2.24, 2.45) is 7.05 Å². The monoisotopic (exact) mass is 275 g/mol. The van der Waals surface area contributed by atoms with E-state index in [1.54, 1.807) is 0 Å². The van der Waals surface area contributed by atoms with Gasteiger partial charge in [-0.2, -0.15) is 5.10 Å². The molecule has 3 rings (SSSR count). The molecular weight excluding hydrogens is 254 g/mol. The average molecular weight is 275 g/mol. The molecule has 1 aromatic heterocycles. The Labute approximate surface area is 119 Å². The summed E-state index contributed by atoms with van der Waals surface area (Å²) in [6.07, 6.45) is 5.06. The first-order valence-corrected chi connectivity index (χ1v) is 6.52. The van der Waals surface area contributed by atoms with Crippen LogP contribution in [-0.4, -0.2) is 21.4 Å². The van der Waals surface area contributed by atoms with E-state index in [-0.39, 0.29) is 6.41 Å². The quantitative estimate of drug-likeness (QED) is 0.502. The summed E-state index contributed by atoms with van der Waals surface area (Å²) in [6, 6.07) is 12.0. The lowest BCUT2D eigenvalue weighted by Gasteiger charge is -1.88. The summed E-state index contributed by atoms with van der Waals surface area (Å²) < 4.78 is 1.91. The summed E-state index contributed by atoms with van der Waals surface area (Å²) in [5, 5.41) is 11.5. The van der Waals surface area contributed by atoms with Crippen LogP contribution in [0.1, 0.15) is 30.0 Å². The summed E-state index contributed by atoms with van der Waals surface area (Å²) in [4.78, 5) is 8.81. The third-order valence-electron chi connectivity index (χ3n) is 2.79. The maximum Gasteiger partial charge on any atom is 0.230 e. The molecular formula is C15H21N3O2. The lowest BCUT2D eigenvalue weighted by molar-refractivity contribution is -0.116. The molecule has 2 aromatic rings. The normalized spacial score (nSPS) is 12.3. The first-order valence-electron chi connectivity index (χ1n) is 6.52. The lowest BCUT2D eigenvalue weighted by Crippen LogP contribution is -1.99. The highest BCUT2D eigenvalue weighted by molar-refractivity contribution is 5.43. The second kappa shape index (κ2) is 8.87. The van der Waals surface area contributed by atoms with E-state index in [0.717, 1.165) is 5.92 Å². The number of nitrogens with one attached hydrogen (secondary N) is 1. The summed E-state index contributed by atoms with van der Waals surface area (Å²) in [6.45, 7) is 2.09. The van der Waals surface area contributed by atoms with E-state index in [4.69, 9.17) is 10.0 Å². The zero-order valence-electron chi connectivity index (χ0n) is 11.9. The van der Waals surface area contributed by atoms with Crippen LogP contribution < -0.4 is 5.48 Å². The van der Waals surface area contributed by atoms with Crippen molar-refractivity contribution < 1.29 is 10.0 Å². The topological polar surface area (TPSA) is 67.2 Å². The highest BCUT2D eigenvalue weighted by Crippen LogP contribution is 2.40. The summed E-state index contributed by atoms with van der Waals surface area (Å²) in [5.74, 6) is 0.841. The molecule has 2 N–H and O–H groups in total. The molecule has 20 heavy (non-hydrogen) atoms. The van der Waals surface area contributed by atoms with Gasteiger partial charge >= 0.3 is 0 Å². The molecule has 5 nitrogen and oxygen atoms in total. The number of amides is 1. The van der Waals surface area contributed by atoms with Gasteiger partial charge in [0.15, 0.2) is 0 Å². The molecule has 0 bridgehead atoms. The molecule has 0 spiro atoms. The van der Waals surface area contributed by atoms with Gasteiger partial charge in [-0.05, 0) is 31.2 Å². The maximum atomic E-state index is 8.81. The van der Waals surface area contributed by atoms with E-state index in [1.807, 2.05) is 48.1 Å². The first-order chi connectivity index (χ1) is 9.69. The van der Waals surface area contributed by atoms with Crippen LogP contribution in [-0.2, 0) is 11.8 Å². The molecule has 0 unspecified atom stereocenters. The number of hydroxylamine groups is 1. The second-order valence-electron chi connectivity index (χ2n) is 4.52. The van der Waals surface area contributed by atoms with E-state index in [2.05, 4.69) is 18.2 Å². The zero-order valence-corrected chi connectivity index (χ0v) is 11.9. The van der Waals surface area contributed by atoms with Crippen molar-refractivity contribution in [3.63, 3.8) is 0 Å². The van der Waals surface area contributed by atoms with E-state index in [0.29, 0.717) is 0 Å². The largest absolute Gasteiger partial charge is 0.289 e. The van der Waals surface area contributed by atoms with Crippen LogP contribution in [0.25, 0.3) is 0 Å². The highest BCUT2D eigenvalue weighted by Gasteiger charge is 2.26. The van der Waals surface area contributed by atoms with E-state index in [1.165, 1.54) is 29.6 Å². The Bertz CT molecular complexity index is 466. The van der Waals surface area contributed by atoms with Gasteiger partial charge in [0, 0.05) is 13.2 Å². The fourth-order valence-electron chi connectivity index (χ4n) is 1.80. The summed E-state index contributed by atoms with van der Waals surface area (Å²) in [5.41, 5.74) is 3.92. The van der Waals surface area contributed by atoms with Gasteiger partial charge in [0.05, 0.1) is 5.69 Å². The zero-order chi connectivity index (χ0) is 14.8. The number of carbonyl (C=O) groups excluding carboxylic acids is 1. The van der Waals surface area contributed by atoms with Crippen LogP contribution in [0.2, 0.25) is 0 Å². The molecule has 0 aliphatic heterocycles. The second-order valence-corrected chi connectivity index (χ2v) is 4.52. The number of aryl methyl sites for hydroxylation is 2. The number of hydrogen-bond donors (Lipinski definition) is 2. The minimum absolute atomic E-state index is 0.181. The van der Waals surface area contributed by atoms with Crippen LogP contribution in [0.3, 0.4) is 0 Å². The van der Waals surface area contributed by atoms with E-state index < -0.39 is 0 Å². The SMILES string of the molecule is Cc1nn(C)cc1C1CC1.O=CNO.c1ccccc1. The molecule has 108 valence electrons. The molecule has 1 saturated carbocycles. The van der Waals surface area contributed by atoms with Gasteiger partial charge < -0.3 is 0 Å². The maximum absolute atomic E-state index is 8.81. The van der Waals surface area contributed by atoms with Crippen molar-refractivity contribution in [3.05, 3.63) is 53.9 Å². The van der Waals surface area contributed by atoms with Crippen LogP contribution in [0.15, 0.2) is 42.6 Å². The number of rotatable bonds is 2. The highest BCUT2D eigenvalue weighted by atomic mass is 16.5. The van der Waals surface area contributed by atoms with E-state index in [9.17, 15) is 0 Å². The molecule has 1 amide bonds. The summed E-state index contributed by atoms with van der Waals surface area (Å²) >= 11 is 0. The Morgan fingerprint density at radius 3 is 1.95 bits per heavy atom. The van der Waals surface area contributed by atoms with Crippen molar-refractivity contribution in [2.75, 3.05) is 0 Å². The Balaban J connectivity index is 0.000000172. The minimum atomic E-state index is 0.181. The van der Waals surface area contributed by atoms with Crippen molar-refractivity contribution in [1.29, 1.82) is 0 Å². The number of benzene rings is 1. The minimum Gasteiger partial charge on any atom is -0.289 e. The van der Waals surface area contributed by atoms with E-state index >= 15 is 0 Å². The van der Waals surface area contributed by atoms with Crippen LogP contribution in [0, 0.1) is 6.92 Å². The van der Waals surface area contributed by atoms with Gasteiger partial charge in [-0.1, -0.05) is 36.4 Å². The predicted molar refractivity (Wildman–Crippen MR) is 77.3 cm³/mol. The van der Waals surface area contributed by atoms with Crippen molar-refractivity contribution >= 4 is 6.41 Å². The number of carbonyl (C=O) groups is 1. The van der Waals surface area contributed by atoms with Crippen molar-refractivity contribution in [3.8, 4) is 0 Å². The molecule has 0 atom stereocenters.